The second kappa shape index (κ2) is 8.14. The number of rotatable bonds is 5. The quantitative estimate of drug-likeness (QED) is 0.692. The fourth-order valence-corrected chi connectivity index (χ4v) is 3.23. The predicted octanol–water partition coefficient (Wildman–Crippen LogP) is 4.61. The van der Waals surface area contributed by atoms with Gasteiger partial charge in [-0.3, -0.25) is 9.59 Å². The molecule has 5 nitrogen and oxygen atoms in total. The molecule has 0 aromatic heterocycles. The first-order valence-electron chi connectivity index (χ1n) is 9.28. The number of para-hydroxylation sites is 1. The normalized spacial score (nSPS) is 16.0. The number of anilines is 2. The average Bonchev–Trinajstić information content (AvgIpc) is 3.13. The monoisotopic (exact) mass is 390 g/mol. The number of ether oxygens (including phenoxy) is 1. The summed E-state index contributed by atoms with van der Waals surface area (Å²) in [4.78, 5) is 26.4. The summed E-state index contributed by atoms with van der Waals surface area (Å²) < 4.78 is 18.8. The van der Waals surface area contributed by atoms with Crippen LogP contribution in [0.3, 0.4) is 0 Å². The summed E-state index contributed by atoms with van der Waals surface area (Å²) in [5.74, 6) is 0.188. The average molecular weight is 390 g/mol. The van der Waals surface area contributed by atoms with E-state index in [-0.39, 0.29) is 30.6 Å². The minimum absolute atomic E-state index is 0.123. The third-order valence-corrected chi connectivity index (χ3v) is 4.73. The number of halogens is 1. The van der Waals surface area contributed by atoms with Gasteiger partial charge in [-0.1, -0.05) is 18.2 Å². The maximum atomic E-state index is 13.1. The number of hydrogen-bond acceptors (Lipinski definition) is 3. The van der Waals surface area contributed by atoms with Gasteiger partial charge in [0.15, 0.2) is 0 Å². The lowest BCUT2D eigenvalue weighted by Crippen LogP contribution is -2.28. The van der Waals surface area contributed by atoms with Crippen LogP contribution in [0.25, 0.3) is 0 Å². The molecule has 4 rings (SSSR count). The summed E-state index contributed by atoms with van der Waals surface area (Å²) in [5.41, 5.74) is 1.22. The third-order valence-electron chi connectivity index (χ3n) is 4.73. The van der Waals surface area contributed by atoms with E-state index in [2.05, 4.69) is 5.32 Å². The van der Waals surface area contributed by atoms with E-state index < -0.39 is 5.92 Å². The summed E-state index contributed by atoms with van der Waals surface area (Å²) in [6.45, 7) is 0.269. The van der Waals surface area contributed by atoms with E-state index >= 15 is 0 Å². The van der Waals surface area contributed by atoms with Gasteiger partial charge in [0.2, 0.25) is 11.8 Å². The van der Waals surface area contributed by atoms with E-state index in [1.54, 1.807) is 36.4 Å². The van der Waals surface area contributed by atoms with Crippen LogP contribution in [0.5, 0.6) is 11.5 Å². The molecule has 0 radical (unpaired) electrons. The van der Waals surface area contributed by atoms with Gasteiger partial charge in [0.1, 0.15) is 17.3 Å². The maximum Gasteiger partial charge on any atom is 0.229 e. The molecule has 1 heterocycles. The van der Waals surface area contributed by atoms with Crippen molar-refractivity contribution in [3.8, 4) is 11.5 Å². The van der Waals surface area contributed by atoms with Crippen molar-refractivity contribution in [2.24, 2.45) is 5.92 Å². The van der Waals surface area contributed by atoms with Crippen LogP contribution in [0.15, 0.2) is 78.9 Å². The highest BCUT2D eigenvalue weighted by atomic mass is 19.1. The molecule has 1 fully saturated rings. The molecule has 3 aromatic rings. The number of amides is 2. The highest BCUT2D eigenvalue weighted by molar-refractivity contribution is 6.03. The summed E-state index contributed by atoms with van der Waals surface area (Å²) in [6.07, 6.45) is 0.123. The molecule has 6 heteroatoms. The Hall–Kier alpha value is -3.67. The maximum absolute atomic E-state index is 13.1. The molecular weight excluding hydrogens is 371 g/mol. The topological polar surface area (TPSA) is 58.6 Å². The highest BCUT2D eigenvalue weighted by Crippen LogP contribution is 2.27. The van der Waals surface area contributed by atoms with Crippen molar-refractivity contribution in [1.29, 1.82) is 0 Å². The largest absolute Gasteiger partial charge is 0.457 e. The van der Waals surface area contributed by atoms with Crippen molar-refractivity contribution < 1.29 is 18.7 Å². The summed E-state index contributed by atoms with van der Waals surface area (Å²) >= 11 is 0. The van der Waals surface area contributed by atoms with Gasteiger partial charge in [-0.25, -0.2) is 4.39 Å². The Labute approximate surface area is 167 Å². The SMILES string of the molecule is O=C(Nc1ccc(Oc2ccccc2)cc1)[C@@H]1CC(=O)N(c2ccc(F)cc2)C1. The van der Waals surface area contributed by atoms with Crippen LogP contribution >= 0.6 is 0 Å². The van der Waals surface area contributed by atoms with Crippen LogP contribution in [0.4, 0.5) is 15.8 Å². The molecule has 1 N–H and O–H groups in total. The smallest absolute Gasteiger partial charge is 0.229 e. The number of nitrogens with zero attached hydrogens (tertiary/aromatic N) is 1. The number of carbonyl (C=O) groups excluding carboxylic acids is 2. The zero-order valence-electron chi connectivity index (χ0n) is 15.5. The molecule has 1 saturated heterocycles. The minimum atomic E-state index is -0.465. The van der Waals surface area contributed by atoms with Crippen molar-refractivity contribution in [3.63, 3.8) is 0 Å². The van der Waals surface area contributed by atoms with E-state index in [1.165, 1.54) is 17.0 Å². The van der Waals surface area contributed by atoms with Gasteiger partial charge in [0, 0.05) is 24.3 Å². The molecule has 29 heavy (non-hydrogen) atoms. The lowest BCUT2D eigenvalue weighted by Gasteiger charge is -2.16. The third kappa shape index (κ3) is 4.43. The van der Waals surface area contributed by atoms with E-state index in [0.717, 1.165) is 5.75 Å². The van der Waals surface area contributed by atoms with Gasteiger partial charge < -0.3 is 15.0 Å². The molecule has 2 amide bonds. The summed E-state index contributed by atoms with van der Waals surface area (Å²) in [7, 11) is 0. The van der Waals surface area contributed by atoms with E-state index in [9.17, 15) is 14.0 Å². The van der Waals surface area contributed by atoms with Crippen molar-refractivity contribution in [3.05, 3.63) is 84.7 Å². The van der Waals surface area contributed by atoms with Crippen LogP contribution in [-0.2, 0) is 9.59 Å². The molecule has 0 unspecified atom stereocenters. The summed E-state index contributed by atoms with van der Waals surface area (Å²) in [5, 5.41) is 2.84. The lowest BCUT2D eigenvalue weighted by molar-refractivity contribution is -0.122. The Balaban J connectivity index is 1.37. The molecular formula is C23H19FN2O3. The Morgan fingerprint density at radius 3 is 2.28 bits per heavy atom. The van der Waals surface area contributed by atoms with E-state index in [4.69, 9.17) is 4.74 Å². The van der Waals surface area contributed by atoms with Gasteiger partial charge in [0.05, 0.1) is 5.92 Å². The molecule has 0 saturated carbocycles. The zero-order chi connectivity index (χ0) is 20.2. The minimum Gasteiger partial charge on any atom is -0.457 e. The van der Waals surface area contributed by atoms with Crippen LogP contribution in [0.2, 0.25) is 0 Å². The summed E-state index contributed by atoms with van der Waals surface area (Å²) in [6, 6.07) is 22.2. The van der Waals surface area contributed by atoms with Crippen molar-refractivity contribution in [2.45, 2.75) is 6.42 Å². The first-order valence-corrected chi connectivity index (χ1v) is 9.28. The zero-order valence-corrected chi connectivity index (χ0v) is 15.5. The van der Waals surface area contributed by atoms with Crippen LogP contribution < -0.4 is 15.0 Å². The van der Waals surface area contributed by atoms with E-state index in [0.29, 0.717) is 17.1 Å². The molecule has 0 aliphatic carbocycles. The van der Waals surface area contributed by atoms with Gasteiger partial charge >= 0.3 is 0 Å². The van der Waals surface area contributed by atoms with E-state index in [1.807, 2.05) is 30.3 Å². The number of nitrogens with one attached hydrogen (secondary N) is 1. The molecule has 0 bridgehead atoms. The van der Waals surface area contributed by atoms with Crippen molar-refractivity contribution in [1.82, 2.24) is 0 Å². The van der Waals surface area contributed by atoms with Crippen LogP contribution in [0, 0.1) is 11.7 Å². The van der Waals surface area contributed by atoms with Gasteiger partial charge in [-0.05, 0) is 60.7 Å². The fraction of sp³-hybridized carbons (Fsp3) is 0.130. The molecule has 1 atom stereocenters. The lowest BCUT2D eigenvalue weighted by atomic mass is 10.1. The number of benzene rings is 3. The second-order valence-electron chi connectivity index (χ2n) is 6.81. The Bertz CT molecular complexity index is 1000. The van der Waals surface area contributed by atoms with Crippen molar-refractivity contribution >= 4 is 23.2 Å². The Morgan fingerprint density at radius 1 is 0.931 bits per heavy atom. The van der Waals surface area contributed by atoms with Crippen LogP contribution in [-0.4, -0.2) is 18.4 Å². The molecule has 0 spiro atoms. The Kier molecular flexibility index (Phi) is 5.24. The molecule has 3 aromatic carbocycles. The molecule has 1 aliphatic heterocycles. The van der Waals surface area contributed by atoms with Gasteiger partial charge in [-0.2, -0.15) is 0 Å². The van der Waals surface area contributed by atoms with Crippen LogP contribution in [0.1, 0.15) is 6.42 Å². The fourth-order valence-electron chi connectivity index (χ4n) is 3.23. The van der Waals surface area contributed by atoms with Crippen molar-refractivity contribution in [2.75, 3.05) is 16.8 Å². The molecule has 1 aliphatic rings. The van der Waals surface area contributed by atoms with Gasteiger partial charge in [-0.15, -0.1) is 0 Å². The standard InChI is InChI=1S/C23H19FN2O3/c24-17-6-10-19(11-7-17)26-15-16(14-22(26)27)23(28)25-18-8-12-21(13-9-18)29-20-4-2-1-3-5-20/h1-13,16H,14-15H2,(H,25,28)/t16-/m1/s1. The number of hydrogen-bond donors (Lipinski definition) is 1. The highest BCUT2D eigenvalue weighted by Gasteiger charge is 2.35. The first-order chi connectivity index (χ1) is 14.1. The van der Waals surface area contributed by atoms with Gasteiger partial charge in [0.25, 0.3) is 0 Å². The second-order valence-corrected chi connectivity index (χ2v) is 6.81. The first kappa shape index (κ1) is 18.7. The Morgan fingerprint density at radius 2 is 1.59 bits per heavy atom. The molecule has 146 valence electrons. The number of carbonyl (C=O) groups is 2. The predicted molar refractivity (Wildman–Crippen MR) is 108 cm³/mol.